The maximum atomic E-state index is 9.73. The standard InChI is InChI=1S/C14H17IN2O3/c1-14(2,3)11(19-4)12-16-13(20-17-12)8-5-6-9(15)10(18)7-8/h5-7,11,18H,1-4H3. The number of halogens is 1. The first-order valence-electron chi connectivity index (χ1n) is 6.18. The Morgan fingerprint density at radius 1 is 1.35 bits per heavy atom. The number of rotatable bonds is 3. The van der Waals surface area contributed by atoms with Crippen LogP contribution in [0, 0.1) is 8.99 Å². The lowest BCUT2D eigenvalue weighted by atomic mass is 9.88. The van der Waals surface area contributed by atoms with Crippen LogP contribution in [0.15, 0.2) is 22.7 Å². The molecule has 2 aromatic rings. The molecule has 5 nitrogen and oxygen atoms in total. The predicted octanol–water partition coefficient (Wildman–Crippen LogP) is 3.78. The summed E-state index contributed by atoms with van der Waals surface area (Å²) in [5, 5.41) is 13.7. The minimum atomic E-state index is -0.252. The first kappa shape index (κ1) is 15.2. The van der Waals surface area contributed by atoms with Crippen LogP contribution >= 0.6 is 22.6 Å². The van der Waals surface area contributed by atoms with E-state index in [2.05, 4.69) is 32.7 Å². The number of hydrogen-bond donors (Lipinski definition) is 1. The third-order valence-electron chi connectivity index (χ3n) is 2.89. The summed E-state index contributed by atoms with van der Waals surface area (Å²) in [5.74, 6) is 1.08. The molecule has 0 fully saturated rings. The number of hydrogen-bond acceptors (Lipinski definition) is 5. The van der Waals surface area contributed by atoms with Crippen LogP contribution < -0.4 is 0 Å². The van der Waals surface area contributed by atoms with E-state index >= 15 is 0 Å². The maximum Gasteiger partial charge on any atom is 0.258 e. The van der Waals surface area contributed by atoms with E-state index in [1.54, 1.807) is 19.2 Å². The minimum Gasteiger partial charge on any atom is -0.507 e. The number of ether oxygens (including phenoxy) is 1. The van der Waals surface area contributed by atoms with Crippen molar-refractivity contribution in [2.24, 2.45) is 5.41 Å². The number of phenols is 1. The quantitative estimate of drug-likeness (QED) is 0.811. The predicted molar refractivity (Wildman–Crippen MR) is 83.3 cm³/mol. The number of aromatic nitrogens is 2. The highest BCUT2D eigenvalue weighted by molar-refractivity contribution is 14.1. The van der Waals surface area contributed by atoms with Crippen molar-refractivity contribution in [2.45, 2.75) is 26.9 Å². The van der Waals surface area contributed by atoms with Gasteiger partial charge in [0.1, 0.15) is 11.9 Å². The normalized spacial score (nSPS) is 13.4. The fourth-order valence-electron chi connectivity index (χ4n) is 1.95. The number of phenolic OH excluding ortho intramolecular Hbond substituents is 1. The van der Waals surface area contributed by atoms with Crippen molar-refractivity contribution in [1.82, 2.24) is 10.1 Å². The van der Waals surface area contributed by atoms with Gasteiger partial charge >= 0.3 is 0 Å². The van der Waals surface area contributed by atoms with Gasteiger partial charge in [0, 0.05) is 12.7 Å². The Balaban J connectivity index is 2.35. The van der Waals surface area contributed by atoms with Crippen LogP contribution in [0.5, 0.6) is 5.75 Å². The van der Waals surface area contributed by atoms with Gasteiger partial charge < -0.3 is 14.4 Å². The second kappa shape index (κ2) is 5.69. The molecule has 0 radical (unpaired) electrons. The molecule has 6 heteroatoms. The van der Waals surface area contributed by atoms with Crippen LogP contribution in [0.4, 0.5) is 0 Å². The molecule has 1 atom stereocenters. The third-order valence-corrected chi connectivity index (χ3v) is 3.80. The third kappa shape index (κ3) is 3.12. The minimum absolute atomic E-state index is 0.135. The van der Waals surface area contributed by atoms with Gasteiger partial charge in [-0.15, -0.1) is 0 Å². The lowest BCUT2D eigenvalue weighted by molar-refractivity contribution is 0.00718. The summed E-state index contributed by atoms with van der Waals surface area (Å²) in [5.41, 5.74) is 0.551. The maximum absolute atomic E-state index is 9.73. The number of methoxy groups -OCH3 is 1. The van der Waals surface area contributed by atoms with E-state index in [0.29, 0.717) is 17.3 Å². The molecule has 1 N–H and O–H groups in total. The summed E-state index contributed by atoms with van der Waals surface area (Å²) >= 11 is 2.06. The Bertz CT molecular complexity index is 605. The van der Waals surface area contributed by atoms with E-state index in [4.69, 9.17) is 9.26 Å². The van der Waals surface area contributed by atoms with Crippen LogP contribution in [0.1, 0.15) is 32.7 Å². The van der Waals surface area contributed by atoms with Gasteiger partial charge in [-0.05, 0) is 46.2 Å². The van der Waals surface area contributed by atoms with E-state index in [1.807, 2.05) is 26.8 Å². The van der Waals surface area contributed by atoms with Crippen LogP contribution in [-0.2, 0) is 4.74 Å². The van der Waals surface area contributed by atoms with E-state index < -0.39 is 0 Å². The van der Waals surface area contributed by atoms with Crippen molar-refractivity contribution < 1.29 is 14.4 Å². The molecule has 108 valence electrons. The molecule has 1 unspecified atom stereocenters. The lowest BCUT2D eigenvalue weighted by Crippen LogP contribution is -2.21. The van der Waals surface area contributed by atoms with Gasteiger partial charge in [-0.3, -0.25) is 0 Å². The molecule has 0 saturated carbocycles. The molecule has 0 aliphatic carbocycles. The van der Waals surface area contributed by atoms with Crippen molar-refractivity contribution in [3.63, 3.8) is 0 Å². The Hall–Kier alpha value is -1.15. The van der Waals surface area contributed by atoms with Gasteiger partial charge in [0.25, 0.3) is 5.89 Å². The molecule has 20 heavy (non-hydrogen) atoms. The number of aromatic hydroxyl groups is 1. The average Bonchev–Trinajstić information content (AvgIpc) is 2.81. The fraction of sp³-hybridized carbons (Fsp3) is 0.429. The van der Waals surface area contributed by atoms with Gasteiger partial charge in [-0.25, -0.2) is 0 Å². The lowest BCUT2D eigenvalue weighted by Gasteiger charge is -2.26. The molecule has 0 saturated heterocycles. The van der Waals surface area contributed by atoms with Gasteiger partial charge in [0.2, 0.25) is 5.82 Å². The Morgan fingerprint density at radius 2 is 2.05 bits per heavy atom. The Kier molecular flexibility index (Phi) is 4.33. The van der Waals surface area contributed by atoms with Gasteiger partial charge in [0.15, 0.2) is 0 Å². The van der Waals surface area contributed by atoms with Crippen LogP contribution in [0.25, 0.3) is 11.5 Å². The highest BCUT2D eigenvalue weighted by Gasteiger charge is 2.30. The van der Waals surface area contributed by atoms with Crippen molar-refractivity contribution in [3.8, 4) is 17.2 Å². The van der Waals surface area contributed by atoms with Gasteiger partial charge in [0.05, 0.1) is 3.57 Å². The molecule has 1 heterocycles. The summed E-state index contributed by atoms with van der Waals surface area (Å²) in [6.45, 7) is 6.15. The van der Waals surface area contributed by atoms with Crippen LogP contribution in [0.3, 0.4) is 0 Å². The molecular weight excluding hydrogens is 371 g/mol. The van der Waals surface area contributed by atoms with E-state index in [9.17, 15) is 5.11 Å². The van der Waals surface area contributed by atoms with Crippen molar-refractivity contribution in [1.29, 1.82) is 0 Å². The van der Waals surface area contributed by atoms with Gasteiger partial charge in [-0.1, -0.05) is 25.9 Å². The largest absolute Gasteiger partial charge is 0.507 e. The monoisotopic (exact) mass is 388 g/mol. The van der Waals surface area contributed by atoms with E-state index in [1.165, 1.54) is 0 Å². The van der Waals surface area contributed by atoms with Crippen molar-refractivity contribution >= 4 is 22.6 Å². The smallest absolute Gasteiger partial charge is 0.258 e. The summed E-state index contributed by atoms with van der Waals surface area (Å²) in [6, 6.07) is 5.24. The molecule has 2 rings (SSSR count). The molecule has 1 aromatic carbocycles. The zero-order valence-electron chi connectivity index (χ0n) is 11.8. The van der Waals surface area contributed by atoms with Crippen LogP contribution in [0.2, 0.25) is 0 Å². The molecule has 0 bridgehead atoms. The molecule has 1 aromatic heterocycles. The number of benzene rings is 1. The van der Waals surface area contributed by atoms with E-state index in [0.717, 1.165) is 3.57 Å². The Labute approximate surface area is 131 Å². The highest BCUT2D eigenvalue weighted by atomic mass is 127. The molecular formula is C14H17IN2O3. The van der Waals surface area contributed by atoms with Crippen molar-refractivity contribution in [2.75, 3.05) is 7.11 Å². The first-order chi connectivity index (χ1) is 9.32. The summed E-state index contributed by atoms with van der Waals surface area (Å²) in [7, 11) is 1.63. The molecule has 0 spiro atoms. The summed E-state index contributed by atoms with van der Waals surface area (Å²) < 4.78 is 11.5. The van der Waals surface area contributed by atoms with Crippen LogP contribution in [-0.4, -0.2) is 22.4 Å². The summed E-state index contributed by atoms with van der Waals surface area (Å²) in [6.07, 6.45) is -0.252. The molecule has 0 aliphatic rings. The zero-order valence-corrected chi connectivity index (χ0v) is 14.0. The second-order valence-corrected chi connectivity index (χ2v) is 6.77. The van der Waals surface area contributed by atoms with Crippen molar-refractivity contribution in [3.05, 3.63) is 27.6 Å². The first-order valence-corrected chi connectivity index (χ1v) is 7.26. The Morgan fingerprint density at radius 3 is 2.60 bits per heavy atom. The fourth-order valence-corrected chi connectivity index (χ4v) is 2.29. The summed E-state index contributed by atoms with van der Waals surface area (Å²) in [4.78, 5) is 4.37. The highest BCUT2D eigenvalue weighted by Crippen LogP contribution is 2.35. The average molecular weight is 388 g/mol. The topological polar surface area (TPSA) is 68.4 Å². The SMILES string of the molecule is COC(c1noc(-c2ccc(I)c(O)c2)n1)C(C)(C)C. The molecule has 0 aliphatic heterocycles. The second-order valence-electron chi connectivity index (χ2n) is 5.61. The van der Waals surface area contributed by atoms with Gasteiger partial charge in [-0.2, -0.15) is 4.98 Å². The zero-order chi connectivity index (χ0) is 14.9. The number of nitrogens with zero attached hydrogens (tertiary/aromatic N) is 2. The molecule has 0 amide bonds. The van der Waals surface area contributed by atoms with E-state index in [-0.39, 0.29) is 17.3 Å².